The van der Waals surface area contributed by atoms with Crippen molar-refractivity contribution < 1.29 is 14.7 Å². The number of nitrogens with one attached hydrogen (secondary N) is 2. The van der Waals surface area contributed by atoms with Crippen LogP contribution in [0.1, 0.15) is 33.4 Å². The summed E-state index contributed by atoms with van der Waals surface area (Å²) in [6.45, 7) is 0. The predicted octanol–water partition coefficient (Wildman–Crippen LogP) is 8.83. The molecular weight excluding hydrogens is 603 g/mol. The maximum Gasteiger partial charge on any atom is 0.313 e. The molecule has 0 radical (unpaired) electrons. The molecule has 230 valence electrons. The minimum absolute atomic E-state index is 0.162. The number of hydrogen-bond donors (Lipinski definition) is 3. The fraction of sp³-hybridized carbons (Fsp3) is 0.0250. The van der Waals surface area contributed by atoms with E-state index in [9.17, 15) is 9.59 Å². The van der Waals surface area contributed by atoms with E-state index in [-0.39, 0.29) is 5.75 Å². The third-order valence-electron chi connectivity index (χ3n) is 7.31. The summed E-state index contributed by atoms with van der Waals surface area (Å²) in [6, 6.07) is 45.4. The van der Waals surface area contributed by atoms with Gasteiger partial charge in [-0.2, -0.15) is 4.99 Å². The van der Waals surface area contributed by atoms with Gasteiger partial charge in [-0.25, -0.2) is 0 Å². The van der Waals surface area contributed by atoms with Gasteiger partial charge >= 0.3 is 5.97 Å². The van der Waals surface area contributed by atoms with Crippen molar-refractivity contribution in [2.45, 2.75) is 0 Å². The highest BCUT2D eigenvalue weighted by molar-refractivity contribution is 8.14. The number of benzene rings is 5. The largest absolute Gasteiger partial charge is 0.481 e. The zero-order valence-corrected chi connectivity index (χ0v) is 26.2. The summed E-state index contributed by atoms with van der Waals surface area (Å²) in [5.74, 6) is -1.54. The van der Waals surface area contributed by atoms with E-state index in [0.717, 1.165) is 45.4 Å². The fourth-order valence-corrected chi connectivity index (χ4v) is 5.54. The molecule has 0 atom stereocenters. The topological polar surface area (TPSA) is 90.8 Å². The standard InChI is InChI=1S/C40H31N3O3S/c44-38(45)27-47-40-42-37(39(46)43-40)26-31-15-13-28(14-16-31)11-12-29-17-21-34(22-18-29)41-35-23-19-30(20-24-35)25-36(32-7-3-1-4-8-32)33-9-5-2-6-10-33/h1-26,41H,27H2,(H,44,45)(H,42,43,46)/b12-11+,37-26?. The first-order valence-corrected chi connectivity index (χ1v) is 16.0. The van der Waals surface area contributed by atoms with E-state index in [2.05, 4.69) is 125 Å². The number of aliphatic imine (C=N–C) groups is 1. The third-order valence-corrected chi connectivity index (χ3v) is 8.17. The summed E-state index contributed by atoms with van der Waals surface area (Å²) < 4.78 is 0. The molecule has 1 heterocycles. The Labute approximate surface area is 277 Å². The first-order chi connectivity index (χ1) is 23.0. The number of thioether (sulfide) groups is 1. The van der Waals surface area contributed by atoms with Gasteiger partial charge in [0.05, 0.1) is 5.75 Å². The molecule has 0 bridgehead atoms. The van der Waals surface area contributed by atoms with Crippen LogP contribution in [0.25, 0.3) is 29.9 Å². The van der Waals surface area contributed by atoms with E-state index in [4.69, 9.17) is 5.11 Å². The average Bonchev–Trinajstić information content (AvgIpc) is 3.46. The molecule has 0 aromatic heterocycles. The summed E-state index contributed by atoms with van der Waals surface area (Å²) >= 11 is 0.981. The van der Waals surface area contributed by atoms with Crippen LogP contribution in [0.2, 0.25) is 0 Å². The molecule has 0 spiro atoms. The Morgan fingerprint density at radius 3 is 1.70 bits per heavy atom. The van der Waals surface area contributed by atoms with Gasteiger partial charge in [-0.3, -0.25) is 9.59 Å². The van der Waals surface area contributed by atoms with Crippen molar-refractivity contribution in [3.05, 3.63) is 173 Å². The molecule has 1 aliphatic heterocycles. The molecular formula is C40H31N3O3S. The zero-order chi connectivity index (χ0) is 32.4. The molecule has 7 heteroatoms. The molecule has 47 heavy (non-hydrogen) atoms. The van der Waals surface area contributed by atoms with Crippen molar-refractivity contribution in [3.63, 3.8) is 0 Å². The highest BCUT2D eigenvalue weighted by Crippen LogP contribution is 2.27. The Morgan fingerprint density at radius 1 is 0.681 bits per heavy atom. The number of aliphatic carboxylic acids is 1. The second kappa shape index (κ2) is 14.9. The summed E-state index contributed by atoms with van der Waals surface area (Å²) in [4.78, 5) is 26.7. The van der Waals surface area contributed by atoms with Crippen LogP contribution < -0.4 is 10.6 Å². The van der Waals surface area contributed by atoms with Crippen LogP contribution in [0.3, 0.4) is 0 Å². The number of rotatable bonds is 10. The monoisotopic (exact) mass is 633 g/mol. The van der Waals surface area contributed by atoms with Crippen molar-refractivity contribution >= 4 is 70.1 Å². The third kappa shape index (κ3) is 8.63. The highest BCUT2D eigenvalue weighted by atomic mass is 32.2. The number of carboxylic acid groups (broad SMARTS) is 1. The molecule has 6 nitrogen and oxygen atoms in total. The Hall–Kier alpha value is -5.92. The number of anilines is 2. The van der Waals surface area contributed by atoms with E-state index in [1.807, 2.05) is 42.5 Å². The van der Waals surface area contributed by atoms with E-state index < -0.39 is 11.9 Å². The molecule has 0 aliphatic carbocycles. The van der Waals surface area contributed by atoms with E-state index in [1.54, 1.807) is 6.08 Å². The summed E-state index contributed by atoms with van der Waals surface area (Å²) in [7, 11) is 0. The number of amides is 1. The lowest BCUT2D eigenvalue weighted by Crippen LogP contribution is -2.16. The predicted molar refractivity (Wildman–Crippen MR) is 195 cm³/mol. The second-order valence-corrected chi connectivity index (χ2v) is 11.7. The number of hydrogen-bond acceptors (Lipinski definition) is 5. The quantitative estimate of drug-likeness (QED) is 0.105. The summed E-state index contributed by atoms with van der Waals surface area (Å²) in [6.07, 6.45) is 8.02. The number of carbonyl (C=O) groups is 2. The van der Waals surface area contributed by atoms with Gasteiger partial charge in [0.1, 0.15) is 5.70 Å². The molecule has 0 fully saturated rings. The van der Waals surface area contributed by atoms with Crippen LogP contribution in [0, 0.1) is 0 Å². The van der Waals surface area contributed by atoms with Gasteiger partial charge in [0.15, 0.2) is 5.17 Å². The van der Waals surface area contributed by atoms with Gasteiger partial charge < -0.3 is 15.7 Å². The summed E-state index contributed by atoms with van der Waals surface area (Å²) in [5, 5.41) is 15.5. The number of carboxylic acids is 1. The van der Waals surface area contributed by atoms with Gasteiger partial charge in [-0.15, -0.1) is 0 Å². The number of amidine groups is 1. The summed E-state index contributed by atoms with van der Waals surface area (Å²) in [5.41, 5.74) is 9.93. The molecule has 5 aromatic rings. The lowest BCUT2D eigenvalue weighted by Gasteiger charge is -2.10. The highest BCUT2D eigenvalue weighted by Gasteiger charge is 2.20. The molecule has 1 amide bonds. The Kier molecular flexibility index (Phi) is 9.86. The Bertz CT molecular complexity index is 1940. The average molecular weight is 634 g/mol. The molecule has 0 saturated heterocycles. The van der Waals surface area contributed by atoms with Gasteiger partial charge in [0.2, 0.25) is 0 Å². The normalized spacial score (nSPS) is 13.3. The first-order valence-electron chi connectivity index (χ1n) is 15.0. The zero-order valence-electron chi connectivity index (χ0n) is 25.3. The number of nitrogens with zero attached hydrogens (tertiary/aromatic N) is 1. The van der Waals surface area contributed by atoms with E-state index in [1.165, 1.54) is 16.7 Å². The van der Waals surface area contributed by atoms with Crippen LogP contribution in [-0.2, 0) is 9.59 Å². The van der Waals surface area contributed by atoms with Crippen LogP contribution in [-0.4, -0.2) is 27.9 Å². The van der Waals surface area contributed by atoms with Crippen molar-refractivity contribution in [2.24, 2.45) is 4.99 Å². The molecule has 5 aromatic carbocycles. The van der Waals surface area contributed by atoms with Crippen LogP contribution in [0.4, 0.5) is 11.4 Å². The van der Waals surface area contributed by atoms with Crippen molar-refractivity contribution in [2.75, 3.05) is 11.1 Å². The SMILES string of the molecule is O=C(O)CSC1=NC(=O)C(=Cc2ccc(/C=C/c3ccc(Nc4ccc(C=C(c5ccccc5)c5ccccc5)cc4)cc3)cc2)N1. The molecule has 0 saturated carbocycles. The number of carbonyl (C=O) groups excluding carboxylic acids is 1. The van der Waals surface area contributed by atoms with E-state index >= 15 is 0 Å². The van der Waals surface area contributed by atoms with Gasteiger partial charge in [0, 0.05) is 11.4 Å². The molecule has 0 unspecified atom stereocenters. The van der Waals surface area contributed by atoms with Crippen molar-refractivity contribution in [1.29, 1.82) is 0 Å². The lowest BCUT2D eigenvalue weighted by atomic mass is 9.96. The minimum atomic E-state index is -0.965. The first kappa shape index (κ1) is 31.1. The van der Waals surface area contributed by atoms with Crippen molar-refractivity contribution in [1.82, 2.24) is 5.32 Å². The second-order valence-electron chi connectivity index (χ2n) is 10.7. The van der Waals surface area contributed by atoms with E-state index in [0.29, 0.717) is 10.9 Å². The van der Waals surface area contributed by atoms with Crippen molar-refractivity contribution in [3.8, 4) is 0 Å². The minimum Gasteiger partial charge on any atom is -0.481 e. The van der Waals surface area contributed by atoms with Gasteiger partial charge in [-0.05, 0) is 75.4 Å². The molecule has 1 aliphatic rings. The smallest absolute Gasteiger partial charge is 0.313 e. The van der Waals surface area contributed by atoms with Crippen LogP contribution in [0.5, 0.6) is 0 Å². The van der Waals surface area contributed by atoms with Crippen LogP contribution in [0.15, 0.2) is 144 Å². The van der Waals surface area contributed by atoms with Crippen LogP contribution >= 0.6 is 11.8 Å². The molecule has 3 N–H and O–H groups in total. The Balaban J connectivity index is 1.05. The van der Waals surface area contributed by atoms with Gasteiger partial charge in [-0.1, -0.05) is 133 Å². The maximum atomic E-state index is 12.1. The lowest BCUT2D eigenvalue weighted by molar-refractivity contribution is -0.133. The fourth-order valence-electron chi connectivity index (χ4n) is 4.95. The Morgan fingerprint density at radius 2 is 1.17 bits per heavy atom. The maximum absolute atomic E-state index is 12.1. The molecule has 6 rings (SSSR count). The van der Waals surface area contributed by atoms with Gasteiger partial charge in [0.25, 0.3) is 5.91 Å².